The molecule has 0 saturated heterocycles. The Hall–Kier alpha value is -1.52. The average molecular weight is 383 g/mol. The first kappa shape index (κ1) is 16.8. The Morgan fingerprint density at radius 1 is 1.18 bits per heavy atom. The van der Waals surface area contributed by atoms with Crippen molar-refractivity contribution in [2.75, 3.05) is 11.9 Å². The highest BCUT2D eigenvalue weighted by Gasteiger charge is 2.08. The van der Waals surface area contributed by atoms with Crippen LogP contribution in [0, 0.1) is 20.8 Å². The maximum Gasteiger partial charge on any atom is 0.262 e. The van der Waals surface area contributed by atoms with Crippen LogP contribution in [-0.2, 0) is 4.79 Å². The number of rotatable bonds is 4. The Kier molecular flexibility index (Phi) is 5.48. The molecule has 2 aromatic carbocycles. The first-order valence-electron chi connectivity index (χ1n) is 6.82. The third kappa shape index (κ3) is 4.24. The second-order valence-corrected chi connectivity index (χ2v) is 6.42. The van der Waals surface area contributed by atoms with E-state index in [-0.39, 0.29) is 12.5 Å². The standard InChI is InChI=1S/C17H17BrClNO2/c1-10-4-5-15(14(18)6-10)20-16(21)9-22-13-7-11(2)17(19)12(3)8-13/h4-8H,9H2,1-3H3,(H,20,21). The molecule has 22 heavy (non-hydrogen) atoms. The van der Waals surface area contributed by atoms with E-state index in [2.05, 4.69) is 21.2 Å². The zero-order chi connectivity index (χ0) is 16.3. The van der Waals surface area contributed by atoms with Gasteiger partial charge in [0, 0.05) is 9.50 Å². The Bertz CT molecular complexity index is 693. The van der Waals surface area contributed by atoms with Gasteiger partial charge in [0.1, 0.15) is 5.75 Å². The van der Waals surface area contributed by atoms with Crippen LogP contribution in [0.15, 0.2) is 34.8 Å². The van der Waals surface area contributed by atoms with Crippen molar-refractivity contribution in [2.24, 2.45) is 0 Å². The van der Waals surface area contributed by atoms with Crippen LogP contribution in [0.1, 0.15) is 16.7 Å². The molecule has 3 nitrogen and oxygen atoms in total. The van der Waals surface area contributed by atoms with Gasteiger partial charge in [-0.1, -0.05) is 17.7 Å². The number of aryl methyl sites for hydroxylation is 3. The average Bonchev–Trinajstić information content (AvgIpc) is 2.45. The monoisotopic (exact) mass is 381 g/mol. The molecule has 5 heteroatoms. The van der Waals surface area contributed by atoms with Crippen molar-refractivity contribution in [3.05, 3.63) is 56.5 Å². The Morgan fingerprint density at radius 2 is 1.82 bits per heavy atom. The summed E-state index contributed by atoms with van der Waals surface area (Å²) in [6, 6.07) is 9.39. The fourth-order valence-corrected chi connectivity index (χ4v) is 2.75. The van der Waals surface area contributed by atoms with Crippen LogP contribution in [0.2, 0.25) is 5.02 Å². The van der Waals surface area contributed by atoms with Gasteiger partial charge in [0.15, 0.2) is 6.61 Å². The summed E-state index contributed by atoms with van der Waals surface area (Å²) in [7, 11) is 0. The summed E-state index contributed by atoms with van der Waals surface area (Å²) in [6.45, 7) is 5.75. The van der Waals surface area contributed by atoms with Crippen molar-refractivity contribution >= 4 is 39.1 Å². The first-order valence-corrected chi connectivity index (χ1v) is 7.99. The summed E-state index contributed by atoms with van der Waals surface area (Å²) >= 11 is 9.54. The van der Waals surface area contributed by atoms with Gasteiger partial charge in [0.05, 0.1) is 5.69 Å². The minimum atomic E-state index is -0.213. The van der Waals surface area contributed by atoms with Gasteiger partial charge in [-0.15, -0.1) is 0 Å². The molecule has 1 amide bonds. The summed E-state index contributed by atoms with van der Waals surface area (Å²) in [5.41, 5.74) is 3.70. The van der Waals surface area contributed by atoms with Gasteiger partial charge in [0.25, 0.3) is 5.91 Å². The SMILES string of the molecule is Cc1ccc(NC(=O)COc2cc(C)c(Cl)c(C)c2)c(Br)c1. The second-order valence-electron chi connectivity index (χ2n) is 5.19. The molecule has 0 atom stereocenters. The van der Waals surface area contributed by atoms with Crippen LogP contribution in [0.5, 0.6) is 5.75 Å². The predicted molar refractivity (Wildman–Crippen MR) is 93.9 cm³/mol. The summed E-state index contributed by atoms with van der Waals surface area (Å²) in [5, 5.41) is 3.53. The van der Waals surface area contributed by atoms with Gasteiger partial charge in [-0.25, -0.2) is 0 Å². The molecule has 0 heterocycles. The number of nitrogens with one attached hydrogen (secondary N) is 1. The molecule has 0 bridgehead atoms. The van der Waals surface area contributed by atoms with Crippen molar-refractivity contribution in [1.29, 1.82) is 0 Å². The van der Waals surface area contributed by atoms with E-state index in [9.17, 15) is 4.79 Å². The van der Waals surface area contributed by atoms with E-state index in [1.807, 2.05) is 51.1 Å². The maximum absolute atomic E-state index is 12.0. The van der Waals surface area contributed by atoms with Gasteiger partial charge in [0.2, 0.25) is 0 Å². The molecule has 0 radical (unpaired) electrons. The molecule has 0 aromatic heterocycles. The summed E-state index contributed by atoms with van der Waals surface area (Å²) in [6.07, 6.45) is 0. The second kappa shape index (κ2) is 7.16. The van der Waals surface area contributed by atoms with E-state index in [1.54, 1.807) is 0 Å². The summed E-state index contributed by atoms with van der Waals surface area (Å²) in [4.78, 5) is 12.0. The topological polar surface area (TPSA) is 38.3 Å². The van der Waals surface area contributed by atoms with Crippen molar-refractivity contribution < 1.29 is 9.53 Å². The number of ether oxygens (including phenoxy) is 1. The molecule has 0 aliphatic heterocycles. The molecule has 0 fully saturated rings. The molecule has 1 N–H and O–H groups in total. The minimum Gasteiger partial charge on any atom is -0.484 e. The lowest BCUT2D eigenvalue weighted by Gasteiger charge is -2.11. The van der Waals surface area contributed by atoms with Crippen LogP contribution >= 0.6 is 27.5 Å². The minimum absolute atomic E-state index is 0.0547. The van der Waals surface area contributed by atoms with Gasteiger partial charge in [-0.3, -0.25) is 4.79 Å². The van der Waals surface area contributed by atoms with E-state index in [0.717, 1.165) is 31.9 Å². The maximum atomic E-state index is 12.0. The van der Waals surface area contributed by atoms with E-state index in [1.165, 1.54) is 0 Å². The lowest BCUT2D eigenvalue weighted by Crippen LogP contribution is -2.20. The number of anilines is 1. The van der Waals surface area contributed by atoms with E-state index >= 15 is 0 Å². The molecule has 0 aliphatic rings. The molecular formula is C17H17BrClNO2. The highest BCUT2D eigenvalue weighted by atomic mass is 79.9. The van der Waals surface area contributed by atoms with Crippen molar-refractivity contribution in [3.8, 4) is 5.75 Å². The summed E-state index contributed by atoms with van der Waals surface area (Å²) < 4.78 is 6.38. The van der Waals surface area contributed by atoms with Gasteiger partial charge >= 0.3 is 0 Å². The third-order valence-electron chi connectivity index (χ3n) is 3.18. The Balaban J connectivity index is 1.98. The number of carbonyl (C=O) groups is 1. The van der Waals surface area contributed by atoms with E-state index in [4.69, 9.17) is 16.3 Å². The molecule has 0 unspecified atom stereocenters. The third-order valence-corrected chi connectivity index (χ3v) is 4.43. The first-order chi connectivity index (χ1) is 10.4. The van der Waals surface area contributed by atoms with Crippen LogP contribution in [0.3, 0.4) is 0 Å². The number of hydrogen-bond donors (Lipinski definition) is 1. The molecule has 0 saturated carbocycles. The van der Waals surface area contributed by atoms with Gasteiger partial charge < -0.3 is 10.1 Å². The molecular weight excluding hydrogens is 366 g/mol. The van der Waals surface area contributed by atoms with E-state index in [0.29, 0.717) is 5.75 Å². The highest BCUT2D eigenvalue weighted by molar-refractivity contribution is 9.10. The molecule has 116 valence electrons. The number of carbonyl (C=O) groups excluding carboxylic acids is 1. The van der Waals surface area contributed by atoms with Crippen LogP contribution < -0.4 is 10.1 Å². The van der Waals surface area contributed by atoms with Crippen LogP contribution in [0.25, 0.3) is 0 Å². The lowest BCUT2D eigenvalue weighted by atomic mass is 10.1. The van der Waals surface area contributed by atoms with Crippen molar-refractivity contribution in [2.45, 2.75) is 20.8 Å². The lowest BCUT2D eigenvalue weighted by molar-refractivity contribution is -0.118. The van der Waals surface area contributed by atoms with Crippen molar-refractivity contribution in [3.63, 3.8) is 0 Å². The van der Waals surface area contributed by atoms with Crippen molar-refractivity contribution in [1.82, 2.24) is 0 Å². The number of halogens is 2. The predicted octanol–water partition coefficient (Wildman–Crippen LogP) is 5.05. The molecule has 2 aromatic rings. The smallest absolute Gasteiger partial charge is 0.262 e. The highest BCUT2D eigenvalue weighted by Crippen LogP contribution is 2.26. The largest absolute Gasteiger partial charge is 0.484 e. The fourth-order valence-electron chi connectivity index (χ4n) is 2.05. The number of benzene rings is 2. The molecule has 0 aliphatic carbocycles. The fraction of sp³-hybridized carbons (Fsp3) is 0.235. The normalized spacial score (nSPS) is 10.4. The Labute approximate surface area is 143 Å². The molecule has 2 rings (SSSR count). The quantitative estimate of drug-likeness (QED) is 0.804. The zero-order valence-corrected chi connectivity index (χ0v) is 15.0. The van der Waals surface area contributed by atoms with Crippen LogP contribution in [-0.4, -0.2) is 12.5 Å². The number of hydrogen-bond acceptors (Lipinski definition) is 2. The Morgan fingerprint density at radius 3 is 2.41 bits per heavy atom. The van der Waals surface area contributed by atoms with Crippen LogP contribution in [0.4, 0.5) is 5.69 Å². The van der Waals surface area contributed by atoms with Gasteiger partial charge in [-0.2, -0.15) is 0 Å². The zero-order valence-electron chi connectivity index (χ0n) is 12.7. The molecule has 0 spiro atoms. The van der Waals surface area contributed by atoms with Gasteiger partial charge in [-0.05, 0) is 77.7 Å². The number of amides is 1. The summed E-state index contributed by atoms with van der Waals surface area (Å²) in [5.74, 6) is 0.423. The van der Waals surface area contributed by atoms with E-state index < -0.39 is 0 Å².